The number of benzene rings is 3. The zero-order valence-corrected chi connectivity index (χ0v) is 25.0. The minimum Gasteiger partial charge on any atom is -0.283 e. The first-order valence-electron chi connectivity index (χ1n) is 13.1. The summed E-state index contributed by atoms with van der Waals surface area (Å²) in [6, 6.07) is 25.7. The lowest BCUT2D eigenvalue weighted by atomic mass is 10.1. The van der Waals surface area contributed by atoms with Gasteiger partial charge in [0.1, 0.15) is 0 Å². The molecule has 214 valence electrons. The summed E-state index contributed by atoms with van der Waals surface area (Å²) in [5, 5.41) is 7.28. The molecule has 1 aliphatic heterocycles. The van der Waals surface area contributed by atoms with Gasteiger partial charge in [-0.1, -0.05) is 54.6 Å². The second-order valence-electron chi connectivity index (χ2n) is 9.23. The van der Waals surface area contributed by atoms with Gasteiger partial charge in [0.15, 0.2) is 10.3 Å². The maximum atomic E-state index is 13.6. The van der Waals surface area contributed by atoms with E-state index in [1.54, 1.807) is 33.2 Å². The van der Waals surface area contributed by atoms with E-state index in [-0.39, 0.29) is 22.5 Å². The lowest BCUT2D eigenvalue weighted by molar-refractivity contribution is -0.121. The minimum absolute atomic E-state index is 0.0780. The van der Waals surface area contributed by atoms with Gasteiger partial charge in [0.25, 0.3) is 15.9 Å². The van der Waals surface area contributed by atoms with E-state index in [1.807, 2.05) is 72.9 Å². The molecule has 3 heterocycles. The van der Waals surface area contributed by atoms with E-state index in [1.165, 1.54) is 41.4 Å². The highest BCUT2D eigenvalue weighted by atomic mass is 32.2. The number of nitrogens with one attached hydrogen (secondary N) is 1. The number of anilines is 1. The molecule has 12 heteroatoms. The Morgan fingerprint density at radius 1 is 0.977 bits per heavy atom. The fraction of sp³-hybridized carbons (Fsp3) is 0.0323. The number of thioether (sulfide) groups is 1. The van der Waals surface area contributed by atoms with E-state index in [0.29, 0.717) is 15.8 Å². The van der Waals surface area contributed by atoms with E-state index in [9.17, 15) is 13.2 Å². The fourth-order valence-corrected chi connectivity index (χ4v) is 7.09. The van der Waals surface area contributed by atoms with E-state index in [0.717, 1.165) is 22.5 Å². The molecule has 2 aromatic heterocycles. The van der Waals surface area contributed by atoms with Gasteiger partial charge in [-0.3, -0.25) is 14.4 Å². The van der Waals surface area contributed by atoms with E-state index in [2.05, 4.69) is 21.3 Å². The van der Waals surface area contributed by atoms with Gasteiger partial charge >= 0.3 is 0 Å². The molecular weight excluding hydrogens is 601 g/mol. The Labute approximate surface area is 257 Å². The molecule has 1 N–H and O–H groups in total. The van der Waals surface area contributed by atoms with Gasteiger partial charge in [-0.25, -0.2) is 23.1 Å². The van der Waals surface area contributed by atoms with Gasteiger partial charge in [0.05, 0.1) is 26.9 Å². The van der Waals surface area contributed by atoms with Crippen molar-refractivity contribution in [2.75, 3.05) is 11.3 Å². The number of para-hydroxylation sites is 1. The normalized spacial score (nSPS) is 15.3. The molecule has 1 amide bonds. The summed E-state index contributed by atoms with van der Waals surface area (Å²) in [6.07, 6.45) is 6.91. The maximum absolute atomic E-state index is 13.6. The van der Waals surface area contributed by atoms with Crippen LogP contribution < -0.4 is 4.72 Å². The third kappa shape index (κ3) is 6.21. The summed E-state index contributed by atoms with van der Waals surface area (Å²) in [4.78, 5) is 24.3. The second kappa shape index (κ2) is 12.2. The van der Waals surface area contributed by atoms with Crippen LogP contribution in [-0.4, -0.2) is 45.7 Å². The van der Waals surface area contributed by atoms with Crippen LogP contribution in [0.2, 0.25) is 0 Å². The number of amides is 1. The zero-order chi connectivity index (χ0) is 29.8. The van der Waals surface area contributed by atoms with Crippen molar-refractivity contribution in [3.05, 3.63) is 126 Å². The summed E-state index contributed by atoms with van der Waals surface area (Å²) in [5.74, 6) is -0.207. The molecule has 43 heavy (non-hydrogen) atoms. The Morgan fingerprint density at radius 2 is 1.70 bits per heavy atom. The average molecular weight is 625 g/mol. The first kappa shape index (κ1) is 28.3. The number of carbonyl (C=O) groups excluding carboxylic acids is 1. The van der Waals surface area contributed by atoms with Crippen LogP contribution in [-0.2, 0) is 14.8 Å². The van der Waals surface area contributed by atoms with Gasteiger partial charge in [-0.05, 0) is 54.2 Å². The van der Waals surface area contributed by atoms with Gasteiger partial charge in [0.2, 0.25) is 0 Å². The number of rotatable bonds is 9. The average Bonchev–Trinajstić information content (AvgIpc) is 3.76. The van der Waals surface area contributed by atoms with Crippen molar-refractivity contribution in [2.45, 2.75) is 4.90 Å². The number of aromatic nitrogens is 3. The highest BCUT2D eigenvalue weighted by molar-refractivity contribution is 8.18. The number of amidine groups is 1. The smallest absolute Gasteiger partial charge is 0.267 e. The summed E-state index contributed by atoms with van der Waals surface area (Å²) in [7, 11) is -3.79. The maximum Gasteiger partial charge on any atom is 0.267 e. The third-order valence-corrected chi connectivity index (χ3v) is 9.50. The summed E-state index contributed by atoms with van der Waals surface area (Å²) in [5.41, 5.74) is 3.86. The standard InChI is InChI=1S/C31H24N6O3S3/c1-2-18-36-29(38)27(20-23-21-37(25-11-7-4-8-12-25)34-28(23)22-9-5-3-6-10-22)42-31(36)33-24-13-15-26(16-14-24)43(39,40)35-30-32-17-19-41-30/h2-17,19-21H,1,18H2,(H,32,35)/b27-20-,33-31?. The molecule has 0 saturated carbocycles. The molecule has 0 unspecified atom stereocenters. The number of carbonyl (C=O) groups is 1. The van der Waals surface area contributed by atoms with Crippen LogP contribution in [0.15, 0.2) is 130 Å². The number of aliphatic imine (C=N–C) groups is 1. The lowest BCUT2D eigenvalue weighted by Gasteiger charge is -2.12. The molecule has 0 bridgehead atoms. The predicted molar refractivity (Wildman–Crippen MR) is 173 cm³/mol. The first-order chi connectivity index (χ1) is 20.9. The van der Waals surface area contributed by atoms with Crippen molar-refractivity contribution in [3.63, 3.8) is 0 Å². The van der Waals surface area contributed by atoms with Gasteiger partial charge < -0.3 is 0 Å². The van der Waals surface area contributed by atoms with Crippen LogP contribution in [0.1, 0.15) is 5.56 Å². The zero-order valence-electron chi connectivity index (χ0n) is 22.6. The highest BCUT2D eigenvalue weighted by Crippen LogP contribution is 2.36. The molecule has 0 atom stereocenters. The Hall–Kier alpha value is -4.78. The highest BCUT2D eigenvalue weighted by Gasteiger charge is 2.33. The third-order valence-electron chi connectivity index (χ3n) is 6.32. The Kier molecular flexibility index (Phi) is 8.05. The molecule has 1 aliphatic rings. The Bertz CT molecular complexity index is 1930. The SMILES string of the molecule is C=CCN1C(=O)/C(=C/c2cn(-c3ccccc3)nc2-c2ccccc2)SC1=Nc1ccc(S(=O)(=O)Nc2nccs2)cc1. The number of thiazole rings is 1. The number of sulfonamides is 1. The summed E-state index contributed by atoms with van der Waals surface area (Å²) >= 11 is 2.44. The van der Waals surface area contributed by atoms with Gasteiger partial charge in [-0.2, -0.15) is 5.10 Å². The van der Waals surface area contributed by atoms with Crippen LogP contribution in [0.5, 0.6) is 0 Å². The van der Waals surface area contributed by atoms with Crippen molar-refractivity contribution < 1.29 is 13.2 Å². The van der Waals surface area contributed by atoms with Crippen LogP contribution in [0.4, 0.5) is 10.8 Å². The molecule has 9 nitrogen and oxygen atoms in total. The Morgan fingerprint density at radius 3 is 2.37 bits per heavy atom. The van der Waals surface area contributed by atoms with Crippen LogP contribution >= 0.6 is 23.1 Å². The van der Waals surface area contributed by atoms with Crippen molar-refractivity contribution >= 4 is 61.1 Å². The topological polar surface area (TPSA) is 110 Å². The molecule has 0 aliphatic carbocycles. The molecule has 5 aromatic rings. The molecule has 1 saturated heterocycles. The van der Waals surface area contributed by atoms with Crippen molar-refractivity contribution in [1.29, 1.82) is 0 Å². The van der Waals surface area contributed by atoms with Crippen LogP contribution in [0.3, 0.4) is 0 Å². The molecule has 0 radical (unpaired) electrons. The van der Waals surface area contributed by atoms with Gasteiger partial charge in [0, 0.05) is 35.4 Å². The van der Waals surface area contributed by atoms with E-state index < -0.39 is 10.0 Å². The molecule has 3 aromatic carbocycles. The van der Waals surface area contributed by atoms with E-state index in [4.69, 9.17) is 5.10 Å². The van der Waals surface area contributed by atoms with Crippen molar-refractivity contribution in [1.82, 2.24) is 19.7 Å². The van der Waals surface area contributed by atoms with Crippen LogP contribution in [0.25, 0.3) is 23.0 Å². The molecule has 1 fully saturated rings. The predicted octanol–water partition coefficient (Wildman–Crippen LogP) is 6.59. The van der Waals surface area contributed by atoms with E-state index >= 15 is 0 Å². The number of hydrogen-bond donors (Lipinski definition) is 1. The van der Waals surface area contributed by atoms with Crippen molar-refractivity contribution in [2.24, 2.45) is 4.99 Å². The van der Waals surface area contributed by atoms with Crippen LogP contribution in [0, 0.1) is 0 Å². The molecule has 6 rings (SSSR count). The molecule has 0 spiro atoms. The quantitative estimate of drug-likeness (QED) is 0.146. The lowest BCUT2D eigenvalue weighted by Crippen LogP contribution is -2.29. The summed E-state index contributed by atoms with van der Waals surface area (Å²) in [6.45, 7) is 4.06. The largest absolute Gasteiger partial charge is 0.283 e. The summed E-state index contributed by atoms with van der Waals surface area (Å²) < 4.78 is 29.7. The molecular formula is C31H24N6O3S3. The minimum atomic E-state index is -3.79. The second-order valence-corrected chi connectivity index (χ2v) is 12.8. The van der Waals surface area contributed by atoms with Crippen molar-refractivity contribution in [3.8, 4) is 16.9 Å². The Balaban J connectivity index is 1.32. The first-order valence-corrected chi connectivity index (χ1v) is 16.2. The number of hydrogen-bond acceptors (Lipinski definition) is 8. The monoisotopic (exact) mass is 624 g/mol. The number of nitrogens with zero attached hydrogens (tertiary/aromatic N) is 5. The fourth-order valence-electron chi connectivity index (χ4n) is 4.31. The van der Waals surface area contributed by atoms with Gasteiger partial charge in [-0.15, -0.1) is 17.9 Å².